The van der Waals surface area contributed by atoms with Crippen molar-refractivity contribution in [1.29, 1.82) is 0 Å². The normalized spacial score (nSPS) is 37.4. The van der Waals surface area contributed by atoms with E-state index in [1.54, 1.807) is 0 Å². The number of hydrogen-bond donors (Lipinski definition) is 1. The molecule has 0 aliphatic carbocycles. The van der Waals surface area contributed by atoms with Crippen LogP contribution in [0.1, 0.15) is 33.1 Å². The second-order valence-corrected chi connectivity index (χ2v) is 5.11. The summed E-state index contributed by atoms with van der Waals surface area (Å²) in [5, 5.41) is 9.06. The molecule has 5 heteroatoms. The fourth-order valence-electron chi connectivity index (χ4n) is 2.84. The van der Waals surface area contributed by atoms with Gasteiger partial charge in [-0.3, -0.25) is 4.79 Å². The van der Waals surface area contributed by atoms with E-state index < -0.39 is 18.1 Å². The maximum atomic E-state index is 12.3. The number of amides is 1. The van der Waals surface area contributed by atoms with Crippen LogP contribution in [0.3, 0.4) is 0 Å². The monoisotopic (exact) mass is 241 g/mol. The first-order valence-electron chi connectivity index (χ1n) is 6.19. The van der Waals surface area contributed by atoms with Crippen molar-refractivity contribution < 1.29 is 19.4 Å². The Morgan fingerprint density at radius 2 is 2.06 bits per heavy atom. The van der Waals surface area contributed by atoms with Crippen LogP contribution in [0.2, 0.25) is 0 Å². The van der Waals surface area contributed by atoms with Gasteiger partial charge in [-0.05, 0) is 32.1 Å². The van der Waals surface area contributed by atoms with Crippen molar-refractivity contribution in [3.8, 4) is 0 Å². The number of carbonyl (C=O) groups is 2. The minimum absolute atomic E-state index is 0.0878. The lowest BCUT2D eigenvalue weighted by molar-refractivity contribution is -0.154. The number of nitrogens with zero attached hydrogens (tertiary/aromatic N) is 1. The van der Waals surface area contributed by atoms with Crippen LogP contribution in [-0.2, 0) is 14.3 Å². The van der Waals surface area contributed by atoms with Gasteiger partial charge < -0.3 is 14.7 Å². The maximum absolute atomic E-state index is 12.3. The van der Waals surface area contributed by atoms with Gasteiger partial charge in [0.2, 0.25) is 0 Å². The van der Waals surface area contributed by atoms with Gasteiger partial charge in [0.15, 0.2) is 0 Å². The van der Waals surface area contributed by atoms with E-state index >= 15 is 0 Å². The SMILES string of the molecule is CC1CC(C)C(C(=O)N2CCC[C@H]2C(=O)O)O1. The van der Waals surface area contributed by atoms with Gasteiger partial charge in [0.05, 0.1) is 6.10 Å². The van der Waals surface area contributed by atoms with Crippen LogP contribution in [0.4, 0.5) is 0 Å². The van der Waals surface area contributed by atoms with Crippen molar-refractivity contribution in [2.45, 2.75) is 51.4 Å². The molecule has 2 rings (SSSR count). The van der Waals surface area contributed by atoms with E-state index in [9.17, 15) is 9.59 Å². The Balaban J connectivity index is 2.07. The predicted molar refractivity (Wildman–Crippen MR) is 60.5 cm³/mol. The molecule has 2 aliphatic rings. The fourth-order valence-corrected chi connectivity index (χ4v) is 2.84. The van der Waals surface area contributed by atoms with Gasteiger partial charge in [0, 0.05) is 6.54 Å². The molecule has 3 unspecified atom stereocenters. The van der Waals surface area contributed by atoms with Gasteiger partial charge >= 0.3 is 5.97 Å². The zero-order valence-corrected chi connectivity index (χ0v) is 10.3. The number of carboxylic acid groups (broad SMARTS) is 1. The summed E-state index contributed by atoms with van der Waals surface area (Å²) in [4.78, 5) is 24.8. The highest BCUT2D eigenvalue weighted by molar-refractivity contribution is 5.87. The summed E-state index contributed by atoms with van der Waals surface area (Å²) in [6.45, 7) is 4.47. The van der Waals surface area contributed by atoms with Gasteiger partial charge in [0.1, 0.15) is 12.1 Å². The Hall–Kier alpha value is -1.10. The van der Waals surface area contributed by atoms with E-state index in [1.165, 1.54) is 4.90 Å². The van der Waals surface area contributed by atoms with E-state index in [4.69, 9.17) is 9.84 Å². The van der Waals surface area contributed by atoms with E-state index in [1.807, 2.05) is 13.8 Å². The summed E-state index contributed by atoms with van der Waals surface area (Å²) in [5.74, 6) is -0.881. The Morgan fingerprint density at radius 3 is 2.59 bits per heavy atom. The lowest BCUT2D eigenvalue weighted by Gasteiger charge is -2.26. The van der Waals surface area contributed by atoms with E-state index in [2.05, 4.69) is 0 Å². The molecule has 0 spiro atoms. The van der Waals surface area contributed by atoms with Crippen molar-refractivity contribution in [2.24, 2.45) is 5.92 Å². The smallest absolute Gasteiger partial charge is 0.326 e. The highest BCUT2D eigenvalue weighted by Gasteiger charge is 2.42. The van der Waals surface area contributed by atoms with Crippen molar-refractivity contribution in [2.75, 3.05) is 6.54 Å². The van der Waals surface area contributed by atoms with Crippen LogP contribution in [0, 0.1) is 5.92 Å². The molecule has 96 valence electrons. The van der Waals surface area contributed by atoms with Crippen LogP contribution in [0.15, 0.2) is 0 Å². The van der Waals surface area contributed by atoms with Crippen LogP contribution in [-0.4, -0.2) is 46.7 Å². The minimum Gasteiger partial charge on any atom is -0.480 e. The summed E-state index contributed by atoms with van der Waals surface area (Å²) < 4.78 is 5.59. The highest BCUT2D eigenvalue weighted by atomic mass is 16.5. The molecule has 2 heterocycles. The molecule has 1 N–H and O–H groups in total. The molecular weight excluding hydrogens is 222 g/mol. The van der Waals surface area contributed by atoms with Gasteiger partial charge in [-0.15, -0.1) is 0 Å². The summed E-state index contributed by atoms with van der Waals surface area (Å²) in [5.41, 5.74) is 0. The zero-order chi connectivity index (χ0) is 12.6. The Kier molecular flexibility index (Phi) is 3.38. The Morgan fingerprint density at radius 1 is 1.35 bits per heavy atom. The molecule has 2 saturated heterocycles. The average Bonchev–Trinajstić information content (AvgIpc) is 2.83. The molecular formula is C12H19NO4. The molecule has 5 nitrogen and oxygen atoms in total. The molecule has 4 atom stereocenters. The van der Waals surface area contributed by atoms with Crippen LogP contribution >= 0.6 is 0 Å². The summed E-state index contributed by atoms with van der Waals surface area (Å²) >= 11 is 0. The van der Waals surface area contributed by atoms with Crippen LogP contribution in [0.25, 0.3) is 0 Å². The predicted octanol–water partition coefficient (Wildman–Crippen LogP) is 0.875. The Labute approximate surface area is 101 Å². The highest BCUT2D eigenvalue weighted by Crippen LogP contribution is 2.29. The molecule has 17 heavy (non-hydrogen) atoms. The Bertz CT molecular complexity index is 330. The van der Waals surface area contributed by atoms with Gasteiger partial charge in [-0.25, -0.2) is 4.79 Å². The molecule has 0 radical (unpaired) electrons. The van der Waals surface area contributed by atoms with Gasteiger partial charge in [0.25, 0.3) is 5.91 Å². The third-order valence-electron chi connectivity index (χ3n) is 3.66. The second kappa shape index (κ2) is 4.64. The lowest BCUT2D eigenvalue weighted by Crippen LogP contribution is -2.46. The molecule has 0 aromatic heterocycles. The topological polar surface area (TPSA) is 66.8 Å². The van der Waals surface area contributed by atoms with E-state index in [0.29, 0.717) is 13.0 Å². The third-order valence-corrected chi connectivity index (χ3v) is 3.66. The number of aliphatic carboxylic acids is 1. The molecule has 0 aromatic carbocycles. The number of ether oxygens (including phenoxy) is 1. The van der Waals surface area contributed by atoms with E-state index in [-0.39, 0.29) is 17.9 Å². The molecule has 0 aromatic rings. The van der Waals surface area contributed by atoms with Crippen molar-refractivity contribution in [3.05, 3.63) is 0 Å². The molecule has 1 amide bonds. The summed E-state index contributed by atoms with van der Waals surface area (Å²) in [7, 11) is 0. The second-order valence-electron chi connectivity index (χ2n) is 5.11. The largest absolute Gasteiger partial charge is 0.480 e. The molecule has 2 aliphatic heterocycles. The van der Waals surface area contributed by atoms with Crippen molar-refractivity contribution in [3.63, 3.8) is 0 Å². The van der Waals surface area contributed by atoms with Crippen LogP contribution in [0.5, 0.6) is 0 Å². The minimum atomic E-state index is -0.908. The summed E-state index contributed by atoms with van der Waals surface area (Å²) in [6, 6.07) is -0.658. The quantitative estimate of drug-likeness (QED) is 0.779. The molecule has 0 saturated carbocycles. The zero-order valence-electron chi connectivity index (χ0n) is 10.3. The number of likely N-dealkylation sites (tertiary alicyclic amines) is 1. The lowest BCUT2D eigenvalue weighted by atomic mass is 10.0. The number of carbonyl (C=O) groups excluding carboxylic acids is 1. The van der Waals surface area contributed by atoms with Gasteiger partial charge in [-0.2, -0.15) is 0 Å². The third kappa shape index (κ3) is 2.29. The maximum Gasteiger partial charge on any atom is 0.326 e. The van der Waals surface area contributed by atoms with Gasteiger partial charge in [-0.1, -0.05) is 6.92 Å². The average molecular weight is 241 g/mol. The summed E-state index contributed by atoms with van der Waals surface area (Å²) in [6.07, 6.45) is 1.81. The van der Waals surface area contributed by atoms with Crippen molar-refractivity contribution in [1.82, 2.24) is 4.90 Å². The first-order chi connectivity index (χ1) is 8.00. The fraction of sp³-hybridized carbons (Fsp3) is 0.833. The first kappa shape index (κ1) is 12.4. The van der Waals surface area contributed by atoms with E-state index in [0.717, 1.165) is 12.8 Å². The number of rotatable bonds is 2. The standard InChI is InChI=1S/C12H19NO4/c1-7-6-8(2)17-10(7)11(14)13-5-3-4-9(13)12(15)16/h7-10H,3-6H2,1-2H3,(H,15,16)/t7?,8?,9-,10?/m0/s1. The first-order valence-corrected chi connectivity index (χ1v) is 6.19. The number of hydrogen-bond acceptors (Lipinski definition) is 3. The molecule has 2 fully saturated rings. The number of carboxylic acids is 1. The molecule has 0 bridgehead atoms. The van der Waals surface area contributed by atoms with Crippen molar-refractivity contribution >= 4 is 11.9 Å². The van der Waals surface area contributed by atoms with Crippen LogP contribution < -0.4 is 0 Å².